The number of amides is 1. The van der Waals surface area contributed by atoms with Gasteiger partial charge in [-0.1, -0.05) is 12.1 Å². The van der Waals surface area contributed by atoms with Crippen molar-refractivity contribution in [1.29, 1.82) is 0 Å². The standard InChI is InChI=1S/C14H15N3O3/c1-9-10(8-16-17(9)2)7-15-13(18)11-5-3-4-6-12(11)14(19)20/h3-6,8H,7H2,1-2H3,(H,15,18)(H,19,20). The molecule has 0 aliphatic carbocycles. The van der Waals surface area contributed by atoms with Crippen molar-refractivity contribution in [2.24, 2.45) is 7.05 Å². The lowest BCUT2D eigenvalue weighted by molar-refractivity contribution is 0.0691. The molecule has 0 aliphatic heterocycles. The van der Waals surface area contributed by atoms with Gasteiger partial charge in [0, 0.05) is 24.8 Å². The molecule has 1 amide bonds. The maximum atomic E-state index is 12.1. The maximum absolute atomic E-state index is 12.1. The van der Waals surface area contributed by atoms with Crippen LogP contribution in [-0.2, 0) is 13.6 Å². The summed E-state index contributed by atoms with van der Waals surface area (Å²) in [6.45, 7) is 2.21. The molecule has 1 aromatic heterocycles. The third kappa shape index (κ3) is 2.69. The molecule has 0 saturated carbocycles. The SMILES string of the molecule is Cc1c(CNC(=O)c2ccccc2C(=O)O)cnn1C. The Morgan fingerprint density at radius 1 is 1.30 bits per heavy atom. The summed E-state index contributed by atoms with van der Waals surface area (Å²) in [4.78, 5) is 23.1. The van der Waals surface area contributed by atoms with E-state index in [-0.39, 0.29) is 11.1 Å². The molecule has 2 N–H and O–H groups in total. The van der Waals surface area contributed by atoms with Crippen LogP contribution in [0.25, 0.3) is 0 Å². The number of carbonyl (C=O) groups is 2. The first-order chi connectivity index (χ1) is 9.50. The van der Waals surface area contributed by atoms with Crippen LogP contribution in [0.1, 0.15) is 32.0 Å². The molecule has 104 valence electrons. The summed E-state index contributed by atoms with van der Waals surface area (Å²) < 4.78 is 1.71. The molecule has 2 aromatic rings. The van der Waals surface area contributed by atoms with E-state index in [1.807, 2.05) is 14.0 Å². The van der Waals surface area contributed by atoms with Crippen LogP contribution < -0.4 is 5.32 Å². The largest absolute Gasteiger partial charge is 0.478 e. The Labute approximate surface area is 116 Å². The van der Waals surface area contributed by atoms with E-state index in [2.05, 4.69) is 10.4 Å². The molecule has 0 unspecified atom stereocenters. The average molecular weight is 273 g/mol. The Bertz CT molecular complexity index is 661. The third-order valence-corrected chi connectivity index (χ3v) is 3.18. The first-order valence-corrected chi connectivity index (χ1v) is 6.08. The number of rotatable bonds is 4. The molecule has 0 saturated heterocycles. The van der Waals surface area contributed by atoms with Crippen LogP contribution in [-0.4, -0.2) is 26.8 Å². The Morgan fingerprint density at radius 2 is 1.95 bits per heavy atom. The molecule has 0 bridgehead atoms. The van der Waals surface area contributed by atoms with Crippen molar-refractivity contribution in [3.63, 3.8) is 0 Å². The van der Waals surface area contributed by atoms with Gasteiger partial charge >= 0.3 is 5.97 Å². The highest BCUT2D eigenvalue weighted by atomic mass is 16.4. The number of aryl methyl sites for hydroxylation is 1. The minimum absolute atomic E-state index is 0.00657. The van der Waals surface area contributed by atoms with Gasteiger partial charge in [0.2, 0.25) is 0 Å². The van der Waals surface area contributed by atoms with Gasteiger partial charge in [-0.2, -0.15) is 5.10 Å². The molecular weight excluding hydrogens is 258 g/mol. The first-order valence-electron chi connectivity index (χ1n) is 6.08. The Balaban J connectivity index is 2.13. The third-order valence-electron chi connectivity index (χ3n) is 3.18. The van der Waals surface area contributed by atoms with Gasteiger partial charge < -0.3 is 10.4 Å². The Kier molecular flexibility index (Phi) is 3.84. The number of nitrogens with zero attached hydrogens (tertiary/aromatic N) is 2. The molecule has 20 heavy (non-hydrogen) atoms. The van der Waals surface area contributed by atoms with Crippen molar-refractivity contribution >= 4 is 11.9 Å². The average Bonchev–Trinajstić information content (AvgIpc) is 2.76. The molecule has 0 atom stereocenters. The van der Waals surface area contributed by atoms with Crippen molar-refractivity contribution in [3.05, 3.63) is 52.8 Å². The highest BCUT2D eigenvalue weighted by molar-refractivity contribution is 6.04. The van der Waals surface area contributed by atoms with Gasteiger partial charge in [0.1, 0.15) is 0 Å². The molecule has 2 rings (SSSR count). The lowest BCUT2D eigenvalue weighted by Crippen LogP contribution is -2.25. The minimum atomic E-state index is -1.12. The van der Waals surface area contributed by atoms with Crippen LogP contribution in [0.3, 0.4) is 0 Å². The van der Waals surface area contributed by atoms with E-state index >= 15 is 0 Å². The predicted molar refractivity (Wildman–Crippen MR) is 72.5 cm³/mol. The number of carbonyl (C=O) groups excluding carboxylic acids is 1. The second-order valence-corrected chi connectivity index (χ2v) is 4.41. The van der Waals surface area contributed by atoms with Crippen molar-refractivity contribution < 1.29 is 14.7 Å². The maximum Gasteiger partial charge on any atom is 0.336 e. The smallest absolute Gasteiger partial charge is 0.336 e. The van der Waals surface area contributed by atoms with E-state index in [1.54, 1.807) is 23.0 Å². The van der Waals surface area contributed by atoms with Crippen LogP contribution in [0.15, 0.2) is 30.5 Å². The van der Waals surface area contributed by atoms with Gasteiger partial charge in [-0.3, -0.25) is 9.48 Å². The number of carboxylic acids is 1. The molecule has 0 radical (unpaired) electrons. The first kappa shape index (κ1) is 13.8. The molecule has 1 aromatic carbocycles. The summed E-state index contributed by atoms with van der Waals surface area (Å²) >= 11 is 0. The fraction of sp³-hybridized carbons (Fsp3) is 0.214. The van der Waals surface area contributed by atoms with Crippen LogP contribution in [0.2, 0.25) is 0 Å². The molecule has 0 spiro atoms. The minimum Gasteiger partial charge on any atom is -0.478 e. The van der Waals surface area contributed by atoms with E-state index in [1.165, 1.54) is 12.1 Å². The number of aromatic carboxylic acids is 1. The fourth-order valence-electron chi connectivity index (χ4n) is 1.86. The zero-order chi connectivity index (χ0) is 14.7. The van der Waals surface area contributed by atoms with Gasteiger partial charge in [-0.05, 0) is 19.1 Å². The van der Waals surface area contributed by atoms with E-state index in [0.29, 0.717) is 6.54 Å². The van der Waals surface area contributed by atoms with Crippen molar-refractivity contribution in [1.82, 2.24) is 15.1 Å². The monoisotopic (exact) mass is 273 g/mol. The van der Waals surface area contributed by atoms with Crippen LogP contribution in [0, 0.1) is 6.92 Å². The van der Waals surface area contributed by atoms with E-state index < -0.39 is 11.9 Å². The lowest BCUT2D eigenvalue weighted by Gasteiger charge is -2.07. The van der Waals surface area contributed by atoms with E-state index in [9.17, 15) is 9.59 Å². The number of carboxylic acid groups (broad SMARTS) is 1. The Morgan fingerprint density at radius 3 is 2.50 bits per heavy atom. The molecule has 6 heteroatoms. The molecular formula is C14H15N3O3. The van der Waals surface area contributed by atoms with Crippen molar-refractivity contribution in [2.75, 3.05) is 0 Å². The molecule has 0 aliphatic rings. The van der Waals surface area contributed by atoms with Crippen LogP contribution in [0.4, 0.5) is 0 Å². The number of benzene rings is 1. The number of nitrogens with one attached hydrogen (secondary N) is 1. The van der Waals surface area contributed by atoms with Crippen LogP contribution in [0.5, 0.6) is 0 Å². The van der Waals surface area contributed by atoms with Gasteiger partial charge in [-0.15, -0.1) is 0 Å². The lowest BCUT2D eigenvalue weighted by atomic mass is 10.1. The van der Waals surface area contributed by atoms with Gasteiger partial charge in [0.05, 0.1) is 17.3 Å². The summed E-state index contributed by atoms with van der Waals surface area (Å²) in [6.07, 6.45) is 1.68. The van der Waals surface area contributed by atoms with Crippen molar-refractivity contribution in [2.45, 2.75) is 13.5 Å². The fourth-order valence-corrected chi connectivity index (χ4v) is 1.86. The summed E-state index contributed by atoms with van der Waals surface area (Å²) in [5.74, 6) is -1.53. The highest BCUT2D eigenvalue weighted by Crippen LogP contribution is 2.10. The summed E-state index contributed by atoms with van der Waals surface area (Å²) in [7, 11) is 1.82. The number of hydrogen-bond acceptors (Lipinski definition) is 3. The zero-order valence-corrected chi connectivity index (χ0v) is 11.3. The second-order valence-electron chi connectivity index (χ2n) is 4.41. The molecule has 6 nitrogen and oxygen atoms in total. The van der Waals surface area contributed by atoms with E-state index in [0.717, 1.165) is 11.3 Å². The summed E-state index contributed by atoms with van der Waals surface area (Å²) in [6, 6.07) is 6.13. The van der Waals surface area contributed by atoms with E-state index in [4.69, 9.17) is 5.11 Å². The normalized spacial score (nSPS) is 10.3. The van der Waals surface area contributed by atoms with Gasteiger partial charge in [-0.25, -0.2) is 4.79 Å². The zero-order valence-electron chi connectivity index (χ0n) is 11.3. The number of hydrogen-bond donors (Lipinski definition) is 2. The van der Waals surface area contributed by atoms with Gasteiger partial charge in [0.25, 0.3) is 5.91 Å². The van der Waals surface area contributed by atoms with Crippen molar-refractivity contribution in [3.8, 4) is 0 Å². The molecule has 0 fully saturated rings. The predicted octanol–water partition coefficient (Wildman–Crippen LogP) is 1.36. The highest BCUT2D eigenvalue weighted by Gasteiger charge is 2.15. The van der Waals surface area contributed by atoms with Crippen LogP contribution >= 0.6 is 0 Å². The van der Waals surface area contributed by atoms with Gasteiger partial charge in [0.15, 0.2) is 0 Å². The summed E-state index contributed by atoms with van der Waals surface area (Å²) in [5, 5.41) is 15.8. The molecule has 1 heterocycles. The number of aromatic nitrogens is 2. The topological polar surface area (TPSA) is 84.2 Å². The quantitative estimate of drug-likeness (QED) is 0.880. The second kappa shape index (κ2) is 5.56. The Hall–Kier alpha value is -2.63. The summed E-state index contributed by atoms with van der Waals surface area (Å²) in [5.41, 5.74) is 2.00.